The van der Waals surface area contributed by atoms with Gasteiger partial charge in [-0.05, 0) is 37.9 Å². The quantitative estimate of drug-likeness (QED) is 0.810. The Hall–Kier alpha value is 0.110. The average molecular weight is 297 g/mol. The van der Waals surface area contributed by atoms with Gasteiger partial charge in [-0.3, -0.25) is 0 Å². The van der Waals surface area contributed by atoms with Gasteiger partial charge in [0.05, 0.1) is 9.86 Å². The number of aliphatic hydroxyl groups excluding tert-OH is 1. The van der Waals surface area contributed by atoms with Crippen molar-refractivity contribution in [2.45, 2.75) is 6.10 Å². The van der Waals surface area contributed by atoms with E-state index in [9.17, 15) is 0 Å². The summed E-state index contributed by atoms with van der Waals surface area (Å²) in [4.78, 5) is 0.645. The third-order valence-electron chi connectivity index (χ3n) is 1.06. The zero-order chi connectivity index (χ0) is 8.43. The highest BCUT2D eigenvalue weighted by Gasteiger charge is 2.11. The summed E-state index contributed by atoms with van der Waals surface area (Å²) in [6.07, 6.45) is -1.01. The first-order chi connectivity index (χ1) is 5.15. The second-order valence-corrected chi connectivity index (χ2v) is 5.06. The van der Waals surface area contributed by atoms with Gasteiger partial charge in [0.15, 0.2) is 6.10 Å². The van der Waals surface area contributed by atoms with E-state index < -0.39 is 6.10 Å². The van der Waals surface area contributed by atoms with Gasteiger partial charge in [0.25, 0.3) is 0 Å². The highest BCUT2D eigenvalue weighted by molar-refractivity contribution is 9.13. The molecule has 0 aromatic carbocycles. The molecule has 0 aliphatic carbocycles. The summed E-state index contributed by atoms with van der Waals surface area (Å²) in [5.74, 6) is 0. The molecular weight excluding hydrogens is 294 g/mol. The molecule has 1 aromatic heterocycles. The lowest BCUT2D eigenvalue weighted by Crippen LogP contribution is -1.86. The Kier molecular flexibility index (Phi) is 3.07. The number of aliphatic hydroxyl groups is 1. The van der Waals surface area contributed by atoms with Gasteiger partial charge in [-0.1, -0.05) is 0 Å². The van der Waals surface area contributed by atoms with Crippen LogP contribution in [0.25, 0.3) is 0 Å². The molecule has 0 aliphatic heterocycles. The molecule has 0 spiro atoms. The maximum Gasteiger partial charge on any atom is 0.175 e. The molecule has 2 nitrogen and oxygen atoms in total. The Bertz CT molecular complexity index is 285. The van der Waals surface area contributed by atoms with Crippen molar-refractivity contribution in [2.24, 2.45) is 0 Å². The van der Waals surface area contributed by atoms with E-state index in [4.69, 9.17) is 10.4 Å². The normalized spacial score (nSPS) is 12.5. The molecule has 0 saturated carbocycles. The Morgan fingerprint density at radius 2 is 2.27 bits per heavy atom. The number of halogens is 2. The Balaban J connectivity index is 2.99. The molecule has 1 atom stereocenters. The third-order valence-corrected chi connectivity index (χ3v) is 4.36. The van der Waals surface area contributed by atoms with Crippen molar-refractivity contribution < 1.29 is 5.11 Å². The Morgan fingerprint density at radius 1 is 1.64 bits per heavy atom. The number of hydrogen-bond acceptors (Lipinski definition) is 3. The third kappa shape index (κ3) is 2.03. The number of nitriles is 1. The predicted molar refractivity (Wildman–Crippen MR) is 50.3 cm³/mol. The van der Waals surface area contributed by atoms with E-state index in [0.29, 0.717) is 4.88 Å². The van der Waals surface area contributed by atoms with Crippen molar-refractivity contribution in [1.82, 2.24) is 0 Å². The van der Waals surface area contributed by atoms with Gasteiger partial charge in [-0.2, -0.15) is 5.26 Å². The summed E-state index contributed by atoms with van der Waals surface area (Å²) in [6, 6.07) is 3.47. The molecule has 0 radical (unpaired) electrons. The van der Waals surface area contributed by atoms with Crippen LogP contribution in [0.4, 0.5) is 0 Å². The van der Waals surface area contributed by atoms with E-state index in [2.05, 4.69) is 31.9 Å². The van der Waals surface area contributed by atoms with Crippen LogP contribution in [0.2, 0.25) is 0 Å². The van der Waals surface area contributed by atoms with Crippen molar-refractivity contribution in [1.29, 1.82) is 5.26 Å². The maximum atomic E-state index is 9.07. The fourth-order valence-corrected chi connectivity index (χ4v) is 2.58. The summed E-state index contributed by atoms with van der Waals surface area (Å²) >= 11 is 7.87. The molecular formula is C6H3Br2NOS. The molecule has 11 heavy (non-hydrogen) atoms. The van der Waals surface area contributed by atoms with E-state index in [0.717, 1.165) is 8.26 Å². The highest BCUT2D eigenvalue weighted by Crippen LogP contribution is 2.35. The van der Waals surface area contributed by atoms with Crippen LogP contribution in [0, 0.1) is 11.3 Å². The smallest absolute Gasteiger partial charge is 0.175 e. The molecule has 0 amide bonds. The highest BCUT2D eigenvalue weighted by atomic mass is 79.9. The molecule has 0 fully saturated rings. The lowest BCUT2D eigenvalue weighted by Gasteiger charge is -1.92. The minimum atomic E-state index is -1.01. The standard InChI is InChI=1S/C6H3Br2NOS/c7-3-1-5(4(10)2-9)11-6(3)8/h1,4,10H. The summed E-state index contributed by atoms with van der Waals surface area (Å²) in [5.41, 5.74) is 0. The number of nitrogens with zero attached hydrogens (tertiary/aromatic N) is 1. The topological polar surface area (TPSA) is 44.0 Å². The van der Waals surface area contributed by atoms with Crippen LogP contribution in [0.15, 0.2) is 14.3 Å². The lowest BCUT2D eigenvalue weighted by atomic mass is 10.3. The molecule has 1 N–H and O–H groups in total. The van der Waals surface area contributed by atoms with E-state index in [1.165, 1.54) is 11.3 Å². The molecule has 1 aromatic rings. The molecule has 0 aliphatic rings. The monoisotopic (exact) mass is 295 g/mol. The molecule has 0 saturated heterocycles. The first-order valence-electron chi connectivity index (χ1n) is 2.67. The zero-order valence-electron chi connectivity index (χ0n) is 5.21. The molecule has 58 valence electrons. The summed E-state index contributed by atoms with van der Waals surface area (Å²) in [7, 11) is 0. The number of rotatable bonds is 1. The first kappa shape index (κ1) is 9.20. The maximum absolute atomic E-state index is 9.07. The van der Waals surface area contributed by atoms with Crippen LogP contribution in [0.5, 0.6) is 0 Å². The molecule has 5 heteroatoms. The van der Waals surface area contributed by atoms with Crippen LogP contribution < -0.4 is 0 Å². The summed E-state index contributed by atoms with van der Waals surface area (Å²) in [5, 5.41) is 17.4. The minimum Gasteiger partial charge on any atom is -0.373 e. The summed E-state index contributed by atoms with van der Waals surface area (Å²) in [6.45, 7) is 0. The van der Waals surface area contributed by atoms with Crippen molar-refractivity contribution >= 4 is 43.2 Å². The predicted octanol–water partition coefficient (Wildman–Crippen LogP) is 2.83. The zero-order valence-corrected chi connectivity index (χ0v) is 9.20. The number of thiophene rings is 1. The second-order valence-electron chi connectivity index (χ2n) is 1.80. The van der Waals surface area contributed by atoms with E-state index in [-0.39, 0.29) is 0 Å². The van der Waals surface area contributed by atoms with Crippen LogP contribution in [-0.2, 0) is 0 Å². The van der Waals surface area contributed by atoms with Crippen molar-refractivity contribution in [3.63, 3.8) is 0 Å². The van der Waals surface area contributed by atoms with Crippen molar-refractivity contribution in [3.05, 3.63) is 19.2 Å². The first-order valence-corrected chi connectivity index (χ1v) is 5.08. The number of hydrogen-bond donors (Lipinski definition) is 1. The molecule has 0 bridgehead atoms. The largest absolute Gasteiger partial charge is 0.373 e. The van der Waals surface area contributed by atoms with Crippen molar-refractivity contribution in [3.8, 4) is 6.07 Å². The lowest BCUT2D eigenvalue weighted by molar-refractivity contribution is 0.240. The van der Waals surface area contributed by atoms with E-state index in [1.54, 1.807) is 12.1 Å². The van der Waals surface area contributed by atoms with Gasteiger partial charge in [-0.25, -0.2) is 0 Å². The van der Waals surface area contributed by atoms with E-state index in [1.807, 2.05) is 0 Å². The van der Waals surface area contributed by atoms with Gasteiger partial charge in [0, 0.05) is 9.35 Å². The van der Waals surface area contributed by atoms with E-state index >= 15 is 0 Å². The summed E-state index contributed by atoms with van der Waals surface area (Å²) < 4.78 is 1.76. The Labute approximate surface area is 84.7 Å². The second kappa shape index (κ2) is 3.68. The Morgan fingerprint density at radius 3 is 2.64 bits per heavy atom. The van der Waals surface area contributed by atoms with Gasteiger partial charge in [-0.15, -0.1) is 11.3 Å². The molecule has 1 unspecified atom stereocenters. The van der Waals surface area contributed by atoms with Crippen LogP contribution in [0.3, 0.4) is 0 Å². The fourth-order valence-electron chi connectivity index (χ4n) is 0.562. The SMILES string of the molecule is N#CC(O)c1cc(Br)c(Br)s1. The van der Waals surface area contributed by atoms with Gasteiger partial charge in [0.2, 0.25) is 0 Å². The van der Waals surface area contributed by atoms with Crippen molar-refractivity contribution in [2.75, 3.05) is 0 Å². The van der Waals surface area contributed by atoms with Gasteiger partial charge >= 0.3 is 0 Å². The molecule has 1 rings (SSSR count). The van der Waals surface area contributed by atoms with Crippen LogP contribution >= 0.6 is 43.2 Å². The van der Waals surface area contributed by atoms with Gasteiger partial charge < -0.3 is 5.11 Å². The fraction of sp³-hybridized carbons (Fsp3) is 0.167. The molecule has 1 heterocycles. The van der Waals surface area contributed by atoms with Crippen LogP contribution in [-0.4, -0.2) is 5.11 Å². The van der Waals surface area contributed by atoms with Crippen LogP contribution in [0.1, 0.15) is 11.0 Å². The van der Waals surface area contributed by atoms with Gasteiger partial charge in [0.1, 0.15) is 0 Å². The average Bonchev–Trinajstić information content (AvgIpc) is 2.31. The minimum absolute atomic E-state index is 0.645.